The minimum absolute atomic E-state index is 0.150. The van der Waals surface area contributed by atoms with Crippen molar-refractivity contribution < 1.29 is 13.2 Å². The maximum atomic E-state index is 12.4. The summed E-state index contributed by atoms with van der Waals surface area (Å²) in [6, 6.07) is 11.7. The summed E-state index contributed by atoms with van der Waals surface area (Å²) in [6.45, 7) is 8.10. The van der Waals surface area contributed by atoms with E-state index in [1.54, 1.807) is 0 Å². The lowest BCUT2D eigenvalue weighted by Crippen LogP contribution is -2.27. The summed E-state index contributed by atoms with van der Waals surface area (Å²) in [4.78, 5) is 12.6. The Balaban J connectivity index is 2.15. The van der Waals surface area contributed by atoms with Crippen molar-refractivity contribution >= 4 is 21.6 Å². The topological polar surface area (TPSA) is 75.3 Å². The largest absolute Gasteiger partial charge is 0.322 e. The van der Waals surface area contributed by atoms with Gasteiger partial charge in [-0.25, -0.2) is 13.1 Å². The highest BCUT2D eigenvalue weighted by Gasteiger charge is 2.15. The van der Waals surface area contributed by atoms with Crippen LogP contribution in [0, 0.1) is 19.8 Å². The Labute approximate surface area is 149 Å². The third-order valence-electron chi connectivity index (χ3n) is 3.83. The van der Waals surface area contributed by atoms with Crippen LogP contribution in [-0.2, 0) is 10.0 Å². The molecule has 2 aromatic rings. The van der Waals surface area contributed by atoms with Gasteiger partial charge in [0, 0.05) is 17.8 Å². The minimum Gasteiger partial charge on any atom is -0.322 e. The second-order valence-corrected chi connectivity index (χ2v) is 8.26. The first kappa shape index (κ1) is 19.1. The van der Waals surface area contributed by atoms with Gasteiger partial charge >= 0.3 is 0 Å². The van der Waals surface area contributed by atoms with Crippen molar-refractivity contribution in [1.82, 2.24) is 4.72 Å². The lowest BCUT2D eigenvalue weighted by Gasteiger charge is -2.12. The van der Waals surface area contributed by atoms with Gasteiger partial charge in [-0.3, -0.25) is 4.79 Å². The average Bonchev–Trinajstić information content (AvgIpc) is 2.56. The number of rotatable bonds is 6. The van der Waals surface area contributed by atoms with Gasteiger partial charge in [-0.15, -0.1) is 0 Å². The molecule has 1 amide bonds. The molecule has 0 saturated carbocycles. The maximum absolute atomic E-state index is 12.4. The molecule has 0 saturated heterocycles. The molecule has 6 heteroatoms. The molecule has 0 spiro atoms. The van der Waals surface area contributed by atoms with Crippen molar-refractivity contribution in [3.05, 3.63) is 59.2 Å². The van der Waals surface area contributed by atoms with E-state index in [4.69, 9.17) is 0 Å². The molecule has 25 heavy (non-hydrogen) atoms. The Morgan fingerprint density at radius 1 is 1.00 bits per heavy atom. The van der Waals surface area contributed by atoms with E-state index in [9.17, 15) is 13.2 Å². The Morgan fingerprint density at radius 3 is 2.08 bits per heavy atom. The molecular weight excluding hydrogens is 336 g/mol. The highest BCUT2D eigenvalue weighted by Crippen LogP contribution is 2.20. The first-order valence-corrected chi connectivity index (χ1v) is 9.66. The van der Waals surface area contributed by atoms with Crippen LogP contribution in [-0.4, -0.2) is 20.9 Å². The minimum atomic E-state index is -3.55. The zero-order valence-corrected chi connectivity index (χ0v) is 15.8. The van der Waals surface area contributed by atoms with Crippen LogP contribution in [0.5, 0.6) is 0 Å². The van der Waals surface area contributed by atoms with Crippen molar-refractivity contribution in [2.45, 2.75) is 32.6 Å². The van der Waals surface area contributed by atoms with Gasteiger partial charge in [-0.05, 0) is 55.2 Å². The smallest absolute Gasteiger partial charge is 0.255 e. The Morgan fingerprint density at radius 2 is 1.56 bits per heavy atom. The Bertz CT molecular complexity index is 836. The van der Waals surface area contributed by atoms with Crippen LogP contribution in [0.4, 0.5) is 5.69 Å². The number of amides is 1. The molecule has 0 aliphatic rings. The number of hydrogen-bond donors (Lipinski definition) is 2. The van der Waals surface area contributed by atoms with Crippen LogP contribution in [0.3, 0.4) is 0 Å². The molecule has 0 radical (unpaired) electrons. The standard InChI is InChI=1S/C19H24N2O3S/c1-13(2)12-20-25(23,24)17-10-8-16(9-11-17)19(22)21-18-14(3)6-5-7-15(18)4/h5-11,13,20H,12H2,1-4H3,(H,21,22). The van der Waals surface area contributed by atoms with E-state index >= 15 is 0 Å². The molecule has 0 aliphatic carbocycles. The molecule has 5 nitrogen and oxygen atoms in total. The summed E-state index contributed by atoms with van der Waals surface area (Å²) in [5.41, 5.74) is 3.14. The molecule has 0 atom stereocenters. The van der Waals surface area contributed by atoms with E-state index in [1.165, 1.54) is 24.3 Å². The number of aryl methyl sites for hydroxylation is 2. The monoisotopic (exact) mass is 360 g/mol. The molecule has 134 valence electrons. The third-order valence-corrected chi connectivity index (χ3v) is 5.27. The predicted molar refractivity (Wildman–Crippen MR) is 100 cm³/mol. The molecule has 2 rings (SSSR count). The first-order chi connectivity index (χ1) is 11.7. The number of anilines is 1. The number of sulfonamides is 1. The molecule has 0 heterocycles. The molecule has 0 bridgehead atoms. The van der Waals surface area contributed by atoms with E-state index in [1.807, 2.05) is 45.9 Å². The summed E-state index contributed by atoms with van der Waals surface area (Å²) in [6.07, 6.45) is 0. The highest BCUT2D eigenvalue weighted by atomic mass is 32.2. The number of nitrogens with one attached hydrogen (secondary N) is 2. The highest BCUT2D eigenvalue weighted by molar-refractivity contribution is 7.89. The van der Waals surface area contributed by atoms with Gasteiger partial charge in [0.1, 0.15) is 0 Å². The zero-order chi connectivity index (χ0) is 18.6. The number of para-hydroxylation sites is 1. The molecule has 0 unspecified atom stereocenters. The average molecular weight is 360 g/mol. The van der Waals surface area contributed by atoms with Gasteiger partial charge in [-0.2, -0.15) is 0 Å². The van der Waals surface area contributed by atoms with Crippen LogP contribution in [0.15, 0.2) is 47.4 Å². The van der Waals surface area contributed by atoms with Crippen molar-refractivity contribution in [3.63, 3.8) is 0 Å². The van der Waals surface area contributed by atoms with E-state index in [0.717, 1.165) is 16.8 Å². The first-order valence-electron chi connectivity index (χ1n) is 8.18. The van der Waals surface area contributed by atoms with Gasteiger partial charge in [0.15, 0.2) is 0 Å². The SMILES string of the molecule is Cc1cccc(C)c1NC(=O)c1ccc(S(=O)(=O)NCC(C)C)cc1. The van der Waals surface area contributed by atoms with Gasteiger partial charge in [0.05, 0.1) is 4.90 Å². The number of carbonyl (C=O) groups is 1. The molecule has 0 aromatic heterocycles. The number of benzene rings is 2. The molecule has 2 aromatic carbocycles. The van der Waals surface area contributed by atoms with Gasteiger partial charge < -0.3 is 5.32 Å². The van der Waals surface area contributed by atoms with Crippen molar-refractivity contribution in [2.75, 3.05) is 11.9 Å². The van der Waals surface area contributed by atoms with Gasteiger partial charge in [0.25, 0.3) is 5.91 Å². The van der Waals surface area contributed by atoms with Crippen molar-refractivity contribution in [3.8, 4) is 0 Å². The fraction of sp³-hybridized carbons (Fsp3) is 0.316. The fourth-order valence-corrected chi connectivity index (χ4v) is 3.56. The zero-order valence-electron chi connectivity index (χ0n) is 15.0. The number of hydrogen-bond acceptors (Lipinski definition) is 3. The van der Waals surface area contributed by atoms with Crippen LogP contribution in [0.1, 0.15) is 35.3 Å². The lowest BCUT2D eigenvalue weighted by atomic mass is 10.1. The molecule has 0 fully saturated rings. The quantitative estimate of drug-likeness (QED) is 0.828. The lowest BCUT2D eigenvalue weighted by molar-refractivity contribution is 0.102. The predicted octanol–water partition coefficient (Wildman–Crippen LogP) is 3.49. The Kier molecular flexibility index (Phi) is 5.98. The van der Waals surface area contributed by atoms with Crippen molar-refractivity contribution in [2.24, 2.45) is 5.92 Å². The van der Waals surface area contributed by atoms with Crippen LogP contribution in [0.25, 0.3) is 0 Å². The normalized spacial score (nSPS) is 11.6. The second-order valence-electron chi connectivity index (χ2n) is 6.49. The van der Waals surface area contributed by atoms with Crippen LogP contribution >= 0.6 is 0 Å². The van der Waals surface area contributed by atoms with Gasteiger partial charge in [-0.1, -0.05) is 32.0 Å². The molecular formula is C19H24N2O3S. The summed E-state index contributed by atoms with van der Waals surface area (Å²) in [5, 5.41) is 2.89. The fourth-order valence-electron chi connectivity index (χ4n) is 2.34. The van der Waals surface area contributed by atoms with E-state index in [-0.39, 0.29) is 16.7 Å². The van der Waals surface area contributed by atoms with E-state index in [0.29, 0.717) is 12.1 Å². The van der Waals surface area contributed by atoms with Crippen LogP contribution in [0.2, 0.25) is 0 Å². The van der Waals surface area contributed by atoms with E-state index in [2.05, 4.69) is 10.0 Å². The summed E-state index contributed by atoms with van der Waals surface area (Å²) >= 11 is 0. The maximum Gasteiger partial charge on any atom is 0.255 e. The molecule has 2 N–H and O–H groups in total. The van der Waals surface area contributed by atoms with Crippen molar-refractivity contribution in [1.29, 1.82) is 0 Å². The van der Waals surface area contributed by atoms with E-state index < -0.39 is 10.0 Å². The van der Waals surface area contributed by atoms with Gasteiger partial charge in [0.2, 0.25) is 10.0 Å². The second kappa shape index (κ2) is 7.80. The summed E-state index contributed by atoms with van der Waals surface area (Å²) in [5.74, 6) is -0.0475. The summed E-state index contributed by atoms with van der Waals surface area (Å²) < 4.78 is 26.9. The number of carbonyl (C=O) groups excluding carboxylic acids is 1. The third kappa shape index (κ3) is 4.90. The Hall–Kier alpha value is -2.18. The summed E-state index contributed by atoms with van der Waals surface area (Å²) in [7, 11) is -3.55. The van der Waals surface area contributed by atoms with Crippen LogP contribution < -0.4 is 10.0 Å². The molecule has 0 aliphatic heterocycles.